The van der Waals surface area contributed by atoms with Crippen LogP contribution in [0.3, 0.4) is 0 Å². The number of anilines is 2. The van der Waals surface area contributed by atoms with Gasteiger partial charge in [-0.2, -0.15) is 13.2 Å². The van der Waals surface area contributed by atoms with Gasteiger partial charge < -0.3 is 15.6 Å². The van der Waals surface area contributed by atoms with Crippen molar-refractivity contribution in [2.24, 2.45) is 0 Å². The Hall–Kier alpha value is -2.51. The Kier molecular flexibility index (Phi) is 4.45. The zero-order chi connectivity index (χ0) is 18.2. The zero-order valence-electron chi connectivity index (χ0n) is 13.7. The molecule has 2 aromatic rings. The van der Waals surface area contributed by atoms with Crippen LogP contribution >= 0.6 is 0 Å². The van der Waals surface area contributed by atoms with Gasteiger partial charge in [0.2, 0.25) is 5.56 Å². The minimum atomic E-state index is -4.34. The largest absolute Gasteiger partial charge is 0.408 e. The van der Waals surface area contributed by atoms with Gasteiger partial charge in [0.15, 0.2) is 0 Å². The average Bonchev–Trinajstić information content (AvgIpc) is 2.55. The predicted octanol–water partition coefficient (Wildman–Crippen LogP) is 3.25. The third-order valence-electron chi connectivity index (χ3n) is 4.46. The number of pyridine rings is 2. The van der Waals surface area contributed by atoms with Crippen LogP contribution in [0.15, 0.2) is 29.2 Å². The fraction of sp³-hybridized carbons (Fsp3) is 0.412. The minimum Gasteiger partial charge on any atom is -0.384 e. The van der Waals surface area contributed by atoms with E-state index in [9.17, 15) is 18.0 Å². The lowest BCUT2D eigenvalue weighted by Gasteiger charge is -2.38. The Morgan fingerprint density at radius 2 is 2.04 bits per heavy atom. The number of nitrogens with two attached hydrogens (primary N) is 1. The van der Waals surface area contributed by atoms with E-state index in [1.807, 2.05) is 6.92 Å². The summed E-state index contributed by atoms with van der Waals surface area (Å²) in [5.74, 6) is 0.466. The fourth-order valence-electron chi connectivity index (χ4n) is 3.25. The molecule has 0 saturated carbocycles. The first-order valence-electron chi connectivity index (χ1n) is 8.06. The summed E-state index contributed by atoms with van der Waals surface area (Å²) in [5.41, 5.74) is 7.25. The molecule has 8 heteroatoms. The lowest BCUT2D eigenvalue weighted by molar-refractivity contribution is -0.152. The molecule has 0 aromatic carbocycles. The van der Waals surface area contributed by atoms with Crippen LogP contribution in [0.1, 0.15) is 24.8 Å². The number of piperidine rings is 1. The minimum absolute atomic E-state index is 0.0248. The third-order valence-corrected chi connectivity index (χ3v) is 4.46. The van der Waals surface area contributed by atoms with Crippen LogP contribution < -0.4 is 16.2 Å². The molecule has 2 aromatic heterocycles. The second-order valence-electron chi connectivity index (χ2n) is 6.29. The van der Waals surface area contributed by atoms with Crippen molar-refractivity contribution in [1.82, 2.24) is 9.97 Å². The molecule has 1 atom stereocenters. The number of nitrogen functional groups attached to an aromatic ring is 1. The first-order chi connectivity index (χ1) is 11.8. The molecule has 0 aliphatic carbocycles. The lowest BCUT2D eigenvalue weighted by atomic mass is 10.00. The highest BCUT2D eigenvalue weighted by molar-refractivity contribution is 5.71. The number of nitrogens with one attached hydrogen (secondary N) is 1. The smallest absolute Gasteiger partial charge is 0.384 e. The van der Waals surface area contributed by atoms with Gasteiger partial charge in [-0.3, -0.25) is 4.79 Å². The molecule has 5 nitrogen and oxygen atoms in total. The summed E-state index contributed by atoms with van der Waals surface area (Å²) in [6.07, 6.45) is -1.57. The standard InChI is InChI=1S/C17H19F3N4O/c1-10-9-22-14(21)8-12(10)11-6-15(23-16(25)7-11)24-5-3-2-4-13(24)17(18,19)20/h6-9,13H,2-5H2,1H3,(H2,21,22)(H,23,25)/t13-/m1/s1. The van der Waals surface area contributed by atoms with E-state index in [4.69, 9.17) is 5.73 Å². The van der Waals surface area contributed by atoms with Crippen molar-refractivity contribution in [2.75, 3.05) is 17.2 Å². The summed E-state index contributed by atoms with van der Waals surface area (Å²) in [7, 11) is 0. The van der Waals surface area contributed by atoms with Crippen LogP contribution in [0.5, 0.6) is 0 Å². The van der Waals surface area contributed by atoms with E-state index < -0.39 is 17.8 Å². The Bertz CT molecular complexity index is 831. The molecule has 1 saturated heterocycles. The summed E-state index contributed by atoms with van der Waals surface area (Å²) in [6.45, 7) is 2.06. The van der Waals surface area contributed by atoms with Gasteiger partial charge in [-0.1, -0.05) is 0 Å². The average molecular weight is 352 g/mol. The van der Waals surface area contributed by atoms with Crippen molar-refractivity contribution in [3.63, 3.8) is 0 Å². The molecule has 0 bridgehead atoms. The maximum atomic E-state index is 13.4. The van der Waals surface area contributed by atoms with E-state index in [0.29, 0.717) is 24.0 Å². The van der Waals surface area contributed by atoms with Crippen molar-refractivity contribution in [3.8, 4) is 11.1 Å². The molecule has 1 aliphatic heterocycles. The van der Waals surface area contributed by atoms with Crippen LogP contribution in [0.4, 0.5) is 24.8 Å². The molecule has 1 fully saturated rings. The van der Waals surface area contributed by atoms with E-state index in [0.717, 1.165) is 5.56 Å². The van der Waals surface area contributed by atoms with Crippen LogP contribution in [-0.4, -0.2) is 28.7 Å². The van der Waals surface area contributed by atoms with Gasteiger partial charge in [-0.05, 0) is 55.0 Å². The highest BCUT2D eigenvalue weighted by Crippen LogP contribution is 2.35. The van der Waals surface area contributed by atoms with Gasteiger partial charge in [-0.25, -0.2) is 4.98 Å². The number of hydrogen-bond acceptors (Lipinski definition) is 4. The summed E-state index contributed by atoms with van der Waals surface area (Å²) in [4.78, 5) is 19.8. The second-order valence-corrected chi connectivity index (χ2v) is 6.29. The van der Waals surface area contributed by atoms with Crippen LogP contribution in [0.25, 0.3) is 11.1 Å². The number of aryl methyl sites for hydroxylation is 1. The van der Waals surface area contributed by atoms with Crippen molar-refractivity contribution < 1.29 is 13.2 Å². The highest BCUT2D eigenvalue weighted by atomic mass is 19.4. The number of aromatic amines is 1. The molecule has 3 rings (SSSR count). The summed E-state index contributed by atoms with van der Waals surface area (Å²) in [6, 6.07) is 2.96. The van der Waals surface area contributed by atoms with Crippen LogP contribution in [-0.2, 0) is 0 Å². The number of aromatic nitrogens is 2. The summed E-state index contributed by atoms with van der Waals surface area (Å²) < 4.78 is 40.1. The van der Waals surface area contributed by atoms with Gasteiger partial charge >= 0.3 is 6.18 Å². The Morgan fingerprint density at radius 1 is 1.28 bits per heavy atom. The quantitative estimate of drug-likeness (QED) is 0.870. The van der Waals surface area contributed by atoms with Gasteiger partial charge in [-0.15, -0.1) is 0 Å². The molecule has 3 N–H and O–H groups in total. The van der Waals surface area contributed by atoms with Gasteiger partial charge in [0.25, 0.3) is 0 Å². The lowest BCUT2D eigenvalue weighted by Crippen LogP contribution is -2.49. The molecule has 3 heterocycles. The van der Waals surface area contributed by atoms with E-state index >= 15 is 0 Å². The first kappa shape index (κ1) is 17.3. The maximum Gasteiger partial charge on any atom is 0.408 e. The molecule has 134 valence electrons. The monoisotopic (exact) mass is 352 g/mol. The second kappa shape index (κ2) is 6.42. The van der Waals surface area contributed by atoms with Crippen molar-refractivity contribution in [2.45, 2.75) is 38.4 Å². The maximum absolute atomic E-state index is 13.4. The Labute approximate surface area is 142 Å². The van der Waals surface area contributed by atoms with Crippen LogP contribution in [0.2, 0.25) is 0 Å². The Morgan fingerprint density at radius 3 is 2.76 bits per heavy atom. The SMILES string of the molecule is Cc1cnc(N)cc1-c1cc(N2CCCC[C@@H]2C(F)(F)F)[nH]c(=O)c1. The topological polar surface area (TPSA) is 75.0 Å². The van der Waals surface area contributed by atoms with Crippen LogP contribution in [0, 0.1) is 6.92 Å². The van der Waals surface area contributed by atoms with Crippen molar-refractivity contribution in [3.05, 3.63) is 40.3 Å². The number of halogens is 3. The van der Waals surface area contributed by atoms with Crippen molar-refractivity contribution >= 4 is 11.6 Å². The third kappa shape index (κ3) is 3.62. The van der Waals surface area contributed by atoms with E-state index in [-0.39, 0.29) is 24.6 Å². The van der Waals surface area contributed by atoms with E-state index in [1.54, 1.807) is 18.3 Å². The Balaban J connectivity index is 2.07. The predicted molar refractivity (Wildman–Crippen MR) is 90.5 cm³/mol. The molecule has 25 heavy (non-hydrogen) atoms. The first-order valence-corrected chi connectivity index (χ1v) is 8.06. The molecular formula is C17H19F3N4O. The fourth-order valence-corrected chi connectivity index (χ4v) is 3.25. The number of hydrogen-bond donors (Lipinski definition) is 2. The molecule has 0 spiro atoms. The summed E-state index contributed by atoms with van der Waals surface area (Å²) in [5, 5.41) is 0. The number of nitrogens with zero attached hydrogens (tertiary/aromatic N) is 2. The van der Waals surface area contributed by atoms with E-state index in [1.165, 1.54) is 11.0 Å². The molecule has 1 aliphatic rings. The van der Waals surface area contributed by atoms with Gasteiger partial charge in [0, 0.05) is 18.8 Å². The van der Waals surface area contributed by atoms with Gasteiger partial charge in [0.05, 0.1) is 0 Å². The summed E-state index contributed by atoms with van der Waals surface area (Å²) >= 11 is 0. The van der Waals surface area contributed by atoms with E-state index in [2.05, 4.69) is 9.97 Å². The molecular weight excluding hydrogens is 333 g/mol. The number of H-pyrrole nitrogens is 1. The normalized spacial score (nSPS) is 18.4. The molecule has 0 unspecified atom stereocenters. The van der Waals surface area contributed by atoms with Gasteiger partial charge in [0.1, 0.15) is 17.7 Å². The molecule has 0 amide bonds. The highest BCUT2D eigenvalue weighted by Gasteiger charge is 2.44. The van der Waals surface area contributed by atoms with Crippen molar-refractivity contribution in [1.29, 1.82) is 0 Å². The number of alkyl halides is 3. The zero-order valence-corrected chi connectivity index (χ0v) is 13.7. The molecule has 0 radical (unpaired) electrons. The number of rotatable bonds is 2.